The zero-order valence-corrected chi connectivity index (χ0v) is 27.8. The van der Waals surface area contributed by atoms with Gasteiger partial charge in [-0.05, 0) is 0 Å². The van der Waals surface area contributed by atoms with Gasteiger partial charge in [0.1, 0.15) is 17.8 Å². The standard InChI is InChI=1S/C34H33N3O11S/c1-18(38)44-16-25-27(45-19(2)39)28(46-20(3)40)29(47-21(4)41)32(48-25)37-33-34(17-35,15-24(42)22-11-7-5-8-12-22)31(36)30(49-33)26(43)23-13-9-6-10-14-23/h5-14,25,27-29,32H,15-16,36H2,1-4H3/b37-33-/t25-,27-,28+,29-,32-,34-/m1/s1. The van der Waals surface area contributed by atoms with E-state index in [1.807, 2.05) is 0 Å². The first-order chi connectivity index (χ1) is 23.3. The van der Waals surface area contributed by atoms with E-state index in [-0.39, 0.29) is 26.8 Å². The fraction of sp³-hybridized carbons (Fsp3) is 0.353. The Labute approximate surface area is 285 Å². The molecule has 2 aliphatic heterocycles. The molecule has 1 saturated heterocycles. The lowest BCUT2D eigenvalue weighted by Crippen LogP contribution is -2.62. The zero-order chi connectivity index (χ0) is 35.9. The second-order valence-electron chi connectivity index (χ2n) is 11.0. The van der Waals surface area contributed by atoms with Crippen LogP contribution in [0.25, 0.3) is 0 Å². The second kappa shape index (κ2) is 15.7. The van der Waals surface area contributed by atoms with Crippen LogP contribution in [-0.2, 0) is 42.9 Å². The maximum absolute atomic E-state index is 13.7. The molecule has 256 valence electrons. The summed E-state index contributed by atoms with van der Waals surface area (Å²) in [6.07, 6.45) is -8.08. The molecular weight excluding hydrogens is 658 g/mol. The number of allylic oxidation sites excluding steroid dienone is 2. The van der Waals surface area contributed by atoms with Gasteiger partial charge in [0.25, 0.3) is 0 Å². The van der Waals surface area contributed by atoms with E-state index in [1.165, 1.54) is 0 Å². The number of hydrogen-bond acceptors (Lipinski definition) is 15. The average Bonchev–Trinajstić information content (AvgIpc) is 3.32. The molecule has 4 rings (SSSR count). The highest BCUT2D eigenvalue weighted by Gasteiger charge is 2.55. The Bertz CT molecular complexity index is 1740. The van der Waals surface area contributed by atoms with Gasteiger partial charge in [0.2, 0.25) is 5.78 Å². The van der Waals surface area contributed by atoms with Crippen molar-refractivity contribution in [1.29, 1.82) is 5.26 Å². The number of carbonyl (C=O) groups is 6. The number of aliphatic imine (C=N–C) groups is 1. The topological polar surface area (TPSA) is 211 Å². The van der Waals surface area contributed by atoms with Crippen molar-refractivity contribution in [2.45, 2.75) is 64.8 Å². The molecule has 2 aromatic carbocycles. The van der Waals surface area contributed by atoms with E-state index in [2.05, 4.69) is 11.1 Å². The van der Waals surface area contributed by atoms with Crippen LogP contribution in [0, 0.1) is 16.7 Å². The fourth-order valence-corrected chi connectivity index (χ4v) is 6.53. The molecule has 6 atom stereocenters. The van der Waals surface area contributed by atoms with Gasteiger partial charge < -0.3 is 29.4 Å². The van der Waals surface area contributed by atoms with Gasteiger partial charge in [-0.15, -0.1) is 0 Å². The van der Waals surface area contributed by atoms with Crippen LogP contribution in [0.5, 0.6) is 0 Å². The van der Waals surface area contributed by atoms with Gasteiger partial charge in [0.05, 0.1) is 16.7 Å². The van der Waals surface area contributed by atoms with E-state index in [0.29, 0.717) is 0 Å². The number of esters is 4. The molecule has 2 aromatic rings. The molecule has 49 heavy (non-hydrogen) atoms. The minimum Gasteiger partial charge on any atom is -0.463 e. The molecule has 0 saturated carbocycles. The minimum atomic E-state index is -2.00. The molecule has 0 radical (unpaired) electrons. The second-order valence-corrected chi connectivity index (χ2v) is 12.0. The van der Waals surface area contributed by atoms with Crippen LogP contribution in [0.2, 0.25) is 0 Å². The van der Waals surface area contributed by atoms with Crippen molar-refractivity contribution in [2.24, 2.45) is 16.1 Å². The number of carbonyl (C=O) groups excluding carboxylic acids is 6. The molecular formula is C34H33N3O11S. The number of rotatable bonds is 11. The van der Waals surface area contributed by atoms with Crippen molar-refractivity contribution in [2.75, 3.05) is 6.61 Å². The Morgan fingerprint density at radius 2 is 1.35 bits per heavy atom. The summed E-state index contributed by atoms with van der Waals surface area (Å²) in [4.78, 5) is 80.4. The number of thioether (sulfide) groups is 1. The summed E-state index contributed by atoms with van der Waals surface area (Å²) < 4.78 is 27.7. The van der Waals surface area contributed by atoms with Crippen molar-refractivity contribution < 1.29 is 52.5 Å². The fourth-order valence-electron chi connectivity index (χ4n) is 5.28. The lowest BCUT2D eigenvalue weighted by Gasteiger charge is -2.43. The Hall–Kier alpha value is -5.33. The Morgan fingerprint density at radius 3 is 1.88 bits per heavy atom. The summed E-state index contributed by atoms with van der Waals surface area (Å²) in [5.41, 5.74) is 4.88. The summed E-state index contributed by atoms with van der Waals surface area (Å²) >= 11 is 0.732. The molecule has 0 aliphatic carbocycles. The molecule has 1 fully saturated rings. The van der Waals surface area contributed by atoms with E-state index in [9.17, 15) is 34.0 Å². The Balaban J connectivity index is 1.89. The highest BCUT2D eigenvalue weighted by Crippen LogP contribution is 2.49. The molecule has 0 bridgehead atoms. The van der Waals surface area contributed by atoms with Crippen LogP contribution in [0.1, 0.15) is 54.8 Å². The van der Waals surface area contributed by atoms with E-state index >= 15 is 0 Å². The van der Waals surface area contributed by atoms with Crippen LogP contribution >= 0.6 is 11.8 Å². The molecule has 2 aliphatic rings. The van der Waals surface area contributed by atoms with Crippen LogP contribution in [0.15, 0.2) is 76.3 Å². The smallest absolute Gasteiger partial charge is 0.303 e. The quantitative estimate of drug-likeness (QED) is 0.204. The third-order valence-corrected chi connectivity index (χ3v) is 8.69. The lowest BCUT2D eigenvalue weighted by molar-refractivity contribution is -0.250. The summed E-state index contributed by atoms with van der Waals surface area (Å²) in [5, 5.41) is 10.6. The SMILES string of the molecule is CC(=O)OC[C@H]1O[C@@H](/N=C2\SC(C(=O)c3ccccc3)=C(N)[C@]2(C#N)CC(=O)c2ccccc2)[C@H](OC(C)=O)[C@@H](OC(C)=O)[C@@H]1OC(C)=O. The van der Waals surface area contributed by atoms with Gasteiger partial charge in [-0.25, -0.2) is 4.99 Å². The van der Waals surface area contributed by atoms with E-state index in [1.54, 1.807) is 60.7 Å². The number of nitriles is 1. The lowest BCUT2D eigenvalue weighted by atomic mass is 9.80. The third kappa shape index (κ3) is 8.40. The maximum Gasteiger partial charge on any atom is 0.303 e. The van der Waals surface area contributed by atoms with Crippen molar-refractivity contribution in [3.63, 3.8) is 0 Å². The van der Waals surface area contributed by atoms with Gasteiger partial charge >= 0.3 is 23.9 Å². The monoisotopic (exact) mass is 691 g/mol. The van der Waals surface area contributed by atoms with Crippen molar-refractivity contribution in [3.8, 4) is 6.07 Å². The number of nitrogens with zero attached hydrogens (tertiary/aromatic N) is 2. The van der Waals surface area contributed by atoms with Crippen molar-refractivity contribution in [1.82, 2.24) is 0 Å². The number of Topliss-reactive ketones (excluding diaryl/α,β-unsaturated/α-hetero) is 2. The first-order valence-electron chi connectivity index (χ1n) is 14.9. The molecule has 15 heteroatoms. The summed E-state index contributed by atoms with van der Waals surface area (Å²) in [7, 11) is 0. The van der Waals surface area contributed by atoms with Crippen LogP contribution in [0.3, 0.4) is 0 Å². The summed E-state index contributed by atoms with van der Waals surface area (Å²) in [5.74, 6) is -4.28. The summed E-state index contributed by atoms with van der Waals surface area (Å²) in [6, 6.07) is 18.3. The van der Waals surface area contributed by atoms with Gasteiger partial charge in [-0.2, -0.15) is 5.26 Å². The number of ether oxygens (including phenoxy) is 5. The number of nitrogens with two attached hydrogens (primary N) is 1. The predicted octanol–water partition coefficient (Wildman–Crippen LogP) is 3.05. The zero-order valence-electron chi connectivity index (χ0n) is 26.9. The largest absolute Gasteiger partial charge is 0.463 e. The predicted molar refractivity (Wildman–Crippen MR) is 172 cm³/mol. The number of ketones is 2. The third-order valence-electron chi connectivity index (χ3n) is 7.43. The van der Waals surface area contributed by atoms with Gasteiger partial charge in [0.15, 0.2) is 35.7 Å². The summed E-state index contributed by atoms with van der Waals surface area (Å²) in [6.45, 7) is 3.84. The van der Waals surface area contributed by atoms with Crippen molar-refractivity contribution >= 4 is 52.2 Å². The van der Waals surface area contributed by atoms with E-state index < -0.39 is 84.5 Å². The van der Waals surface area contributed by atoms with Gasteiger partial charge in [0, 0.05) is 45.2 Å². The number of benzene rings is 2. The molecule has 0 amide bonds. The molecule has 2 heterocycles. The Morgan fingerprint density at radius 1 is 0.816 bits per heavy atom. The molecule has 0 spiro atoms. The van der Waals surface area contributed by atoms with Crippen LogP contribution in [0.4, 0.5) is 0 Å². The normalized spacial score (nSPS) is 25.5. The van der Waals surface area contributed by atoms with Crippen LogP contribution < -0.4 is 5.73 Å². The first kappa shape index (κ1) is 36.5. The molecule has 0 aromatic heterocycles. The van der Waals surface area contributed by atoms with Crippen molar-refractivity contribution in [3.05, 3.63) is 82.4 Å². The average molecular weight is 692 g/mol. The highest BCUT2D eigenvalue weighted by molar-refractivity contribution is 8.18. The molecule has 0 unspecified atom stereocenters. The molecule has 14 nitrogen and oxygen atoms in total. The Kier molecular flexibility index (Phi) is 11.7. The highest BCUT2D eigenvalue weighted by atomic mass is 32.2. The maximum atomic E-state index is 13.7. The molecule has 2 N–H and O–H groups in total. The van der Waals surface area contributed by atoms with E-state index in [4.69, 9.17) is 29.4 Å². The minimum absolute atomic E-state index is 0.0713. The van der Waals surface area contributed by atoms with Crippen LogP contribution in [-0.4, -0.2) is 77.7 Å². The van der Waals surface area contributed by atoms with E-state index in [0.717, 1.165) is 39.5 Å². The number of hydrogen-bond donors (Lipinski definition) is 1. The van der Waals surface area contributed by atoms with Gasteiger partial charge in [-0.3, -0.25) is 28.8 Å². The first-order valence-corrected chi connectivity index (χ1v) is 15.7. The van der Waals surface area contributed by atoms with Gasteiger partial charge in [-0.1, -0.05) is 72.4 Å².